The summed E-state index contributed by atoms with van der Waals surface area (Å²) in [5, 5.41) is 8.48. The van der Waals surface area contributed by atoms with E-state index in [4.69, 9.17) is 16.3 Å². The molecule has 108 valence electrons. The molecule has 0 unspecified atom stereocenters. The van der Waals surface area contributed by atoms with Crippen LogP contribution in [-0.4, -0.2) is 15.8 Å². The van der Waals surface area contributed by atoms with E-state index in [0.29, 0.717) is 16.8 Å². The van der Waals surface area contributed by atoms with Crippen LogP contribution in [0.15, 0.2) is 24.3 Å². The number of benzene rings is 1. The van der Waals surface area contributed by atoms with E-state index in [2.05, 4.69) is 24.3 Å². The Morgan fingerprint density at radius 2 is 2.15 bits per heavy atom. The minimum Gasteiger partial charge on any atom is -0.439 e. The van der Waals surface area contributed by atoms with E-state index >= 15 is 0 Å². The maximum Gasteiger partial charge on any atom is 0.222 e. The molecule has 0 fully saturated rings. The van der Waals surface area contributed by atoms with Crippen LogP contribution in [0.5, 0.6) is 11.6 Å². The Bertz CT molecular complexity index is 593. The van der Waals surface area contributed by atoms with Crippen molar-refractivity contribution >= 4 is 11.6 Å². The van der Waals surface area contributed by atoms with E-state index < -0.39 is 0 Å². The van der Waals surface area contributed by atoms with Crippen LogP contribution in [0.2, 0.25) is 5.02 Å². The van der Waals surface area contributed by atoms with Gasteiger partial charge in [-0.1, -0.05) is 31.5 Å². The number of ether oxygens (including phenoxy) is 1. The number of hydrogen-bond acceptors (Lipinski definition) is 3. The van der Waals surface area contributed by atoms with Crippen molar-refractivity contribution in [2.45, 2.75) is 33.4 Å². The van der Waals surface area contributed by atoms with Crippen molar-refractivity contribution in [1.29, 1.82) is 0 Å². The molecule has 0 aliphatic heterocycles. The first-order valence-electron chi connectivity index (χ1n) is 6.66. The SMILES string of the molecule is Cc1nn(C)c(Oc2cccc(Cl)c2)c1CNC(C)C. The molecule has 0 aliphatic rings. The van der Waals surface area contributed by atoms with Gasteiger partial charge in [-0.15, -0.1) is 0 Å². The fraction of sp³-hybridized carbons (Fsp3) is 0.400. The Labute approximate surface area is 124 Å². The zero-order valence-corrected chi connectivity index (χ0v) is 13.0. The second-order valence-corrected chi connectivity index (χ2v) is 5.52. The lowest BCUT2D eigenvalue weighted by atomic mass is 10.2. The van der Waals surface area contributed by atoms with E-state index in [1.165, 1.54) is 0 Å². The maximum absolute atomic E-state index is 5.98. The third kappa shape index (κ3) is 3.52. The van der Waals surface area contributed by atoms with E-state index in [1.807, 2.05) is 32.2 Å². The monoisotopic (exact) mass is 293 g/mol. The summed E-state index contributed by atoms with van der Waals surface area (Å²) in [6.45, 7) is 6.95. The average Bonchev–Trinajstić information content (AvgIpc) is 2.62. The molecule has 0 atom stereocenters. The van der Waals surface area contributed by atoms with Gasteiger partial charge in [-0.3, -0.25) is 0 Å². The quantitative estimate of drug-likeness (QED) is 0.914. The Balaban J connectivity index is 2.26. The van der Waals surface area contributed by atoms with Gasteiger partial charge < -0.3 is 10.1 Å². The normalized spacial score (nSPS) is 11.1. The van der Waals surface area contributed by atoms with Gasteiger partial charge in [-0.25, -0.2) is 4.68 Å². The summed E-state index contributed by atoms with van der Waals surface area (Å²) in [5.74, 6) is 1.46. The van der Waals surface area contributed by atoms with Crippen molar-refractivity contribution in [1.82, 2.24) is 15.1 Å². The van der Waals surface area contributed by atoms with Gasteiger partial charge in [-0.05, 0) is 25.1 Å². The molecule has 0 spiro atoms. The van der Waals surface area contributed by atoms with Crippen molar-refractivity contribution in [3.8, 4) is 11.6 Å². The summed E-state index contributed by atoms with van der Waals surface area (Å²) in [4.78, 5) is 0. The number of aryl methyl sites for hydroxylation is 2. The highest BCUT2D eigenvalue weighted by Crippen LogP contribution is 2.28. The Morgan fingerprint density at radius 3 is 2.80 bits per heavy atom. The largest absolute Gasteiger partial charge is 0.439 e. The van der Waals surface area contributed by atoms with Gasteiger partial charge in [0.2, 0.25) is 5.88 Å². The predicted octanol–water partition coefficient (Wildman–Crippen LogP) is 3.67. The molecular formula is C15H20ClN3O. The summed E-state index contributed by atoms with van der Waals surface area (Å²) in [6.07, 6.45) is 0. The number of aromatic nitrogens is 2. The Kier molecular flexibility index (Phi) is 4.68. The molecule has 0 saturated carbocycles. The molecule has 1 heterocycles. The number of halogens is 1. The first-order chi connectivity index (χ1) is 9.47. The maximum atomic E-state index is 5.98. The van der Waals surface area contributed by atoms with E-state index in [-0.39, 0.29) is 0 Å². The second kappa shape index (κ2) is 6.29. The Hall–Kier alpha value is -1.52. The van der Waals surface area contributed by atoms with Crippen molar-refractivity contribution in [3.05, 3.63) is 40.5 Å². The number of rotatable bonds is 5. The van der Waals surface area contributed by atoms with Gasteiger partial charge in [0.25, 0.3) is 0 Å². The fourth-order valence-corrected chi connectivity index (χ4v) is 2.14. The summed E-state index contributed by atoms with van der Waals surface area (Å²) < 4.78 is 7.71. The van der Waals surface area contributed by atoms with Crippen LogP contribution in [0.25, 0.3) is 0 Å². The number of nitrogens with one attached hydrogen (secondary N) is 1. The van der Waals surface area contributed by atoms with Crippen LogP contribution >= 0.6 is 11.6 Å². The highest BCUT2D eigenvalue weighted by molar-refractivity contribution is 6.30. The molecule has 2 aromatic rings. The lowest BCUT2D eigenvalue weighted by Crippen LogP contribution is -2.22. The van der Waals surface area contributed by atoms with Crippen molar-refractivity contribution < 1.29 is 4.74 Å². The molecule has 0 radical (unpaired) electrons. The van der Waals surface area contributed by atoms with Gasteiger partial charge in [0.15, 0.2) is 0 Å². The highest BCUT2D eigenvalue weighted by atomic mass is 35.5. The average molecular weight is 294 g/mol. The molecule has 5 heteroatoms. The third-order valence-corrected chi connectivity index (χ3v) is 3.22. The molecule has 4 nitrogen and oxygen atoms in total. The molecule has 1 aromatic heterocycles. The van der Waals surface area contributed by atoms with Crippen LogP contribution in [0, 0.1) is 6.92 Å². The topological polar surface area (TPSA) is 39.1 Å². The minimum absolute atomic E-state index is 0.411. The van der Waals surface area contributed by atoms with Crippen LogP contribution in [0.4, 0.5) is 0 Å². The summed E-state index contributed by atoms with van der Waals surface area (Å²) in [7, 11) is 1.88. The van der Waals surface area contributed by atoms with E-state index in [0.717, 1.165) is 23.7 Å². The van der Waals surface area contributed by atoms with E-state index in [1.54, 1.807) is 10.7 Å². The third-order valence-electron chi connectivity index (χ3n) is 2.99. The lowest BCUT2D eigenvalue weighted by Gasteiger charge is -2.11. The van der Waals surface area contributed by atoms with Crippen LogP contribution in [0.1, 0.15) is 25.1 Å². The zero-order valence-electron chi connectivity index (χ0n) is 12.3. The van der Waals surface area contributed by atoms with Gasteiger partial charge in [0, 0.05) is 24.7 Å². The van der Waals surface area contributed by atoms with Crippen LogP contribution in [-0.2, 0) is 13.6 Å². The minimum atomic E-state index is 0.411. The zero-order chi connectivity index (χ0) is 14.7. The number of nitrogens with zero attached hydrogens (tertiary/aromatic N) is 2. The second-order valence-electron chi connectivity index (χ2n) is 5.09. The summed E-state index contributed by atoms with van der Waals surface area (Å²) in [6, 6.07) is 7.78. The number of hydrogen-bond donors (Lipinski definition) is 1. The van der Waals surface area contributed by atoms with Crippen LogP contribution < -0.4 is 10.1 Å². The molecular weight excluding hydrogens is 274 g/mol. The van der Waals surface area contributed by atoms with Crippen molar-refractivity contribution in [2.75, 3.05) is 0 Å². The van der Waals surface area contributed by atoms with Gasteiger partial charge in [0.1, 0.15) is 5.75 Å². The standard InChI is InChI=1S/C15H20ClN3O/c1-10(2)17-9-14-11(3)18-19(4)15(14)20-13-7-5-6-12(16)8-13/h5-8,10,17H,9H2,1-4H3. The van der Waals surface area contributed by atoms with Crippen molar-refractivity contribution in [3.63, 3.8) is 0 Å². The smallest absolute Gasteiger partial charge is 0.222 e. The van der Waals surface area contributed by atoms with Crippen molar-refractivity contribution in [2.24, 2.45) is 7.05 Å². The molecule has 2 rings (SSSR count). The first kappa shape index (κ1) is 14.9. The lowest BCUT2D eigenvalue weighted by molar-refractivity contribution is 0.422. The Morgan fingerprint density at radius 1 is 1.40 bits per heavy atom. The van der Waals surface area contributed by atoms with Gasteiger partial charge in [0.05, 0.1) is 11.3 Å². The van der Waals surface area contributed by atoms with Gasteiger partial charge >= 0.3 is 0 Å². The summed E-state index contributed by atoms with van der Waals surface area (Å²) >= 11 is 5.98. The van der Waals surface area contributed by atoms with Gasteiger partial charge in [-0.2, -0.15) is 5.10 Å². The molecule has 1 N–H and O–H groups in total. The van der Waals surface area contributed by atoms with Crippen LogP contribution in [0.3, 0.4) is 0 Å². The molecule has 1 aromatic carbocycles. The van der Waals surface area contributed by atoms with E-state index in [9.17, 15) is 0 Å². The first-order valence-corrected chi connectivity index (χ1v) is 7.04. The highest BCUT2D eigenvalue weighted by Gasteiger charge is 2.15. The molecule has 20 heavy (non-hydrogen) atoms. The predicted molar refractivity (Wildman–Crippen MR) is 81.4 cm³/mol. The molecule has 0 bridgehead atoms. The fourth-order valence-electron chi connectivity index (χ4n) is 1.96. The summed E-state index contributed by atoms with van der Waals surface area (Å²) in [5.41, 5.74) is 2.04. The molecule has 0 amide bonds. The molecule has 0 aliphatic carbocycles. The molecule has 0 saturated heterocycles.